The van der Waals surface area contributed by atoms with Crippen molar-refractivity contribution in [2.24, 2.45) is 0 Å². The molecule has 5 nitrogen and oxygen atoms in total. The largest absolute Gasteiger partial charge is 0.385 e. The molecule has 2 aromatic heterocycles. The molecule has 3 aromatic rings. The van der Waals surface area contributed by atoms with E-state index in [0.29, 0.717) is 21.8 Å². The highest BCUT2D eigenvalue weighted by molar-refractivity contribution is 7.80. The normalized spacial score (nSPS) is 18.6. The number of ether oxygens (including phenoxy) is 1. The lowest BCUT2D eigenvalue weighted by Gasteiger charge is -2.29. The number of benzene rings is 1. The zero-order chi connectivity index (χ0) is 21.1. The maximum absolute atomic E-state index is 6.53. The molecule has 0 aliphatic carbocycles. The number of rotatable bonds is 7. The van der Waals surface area contributed by atoms with Crippen LogP contribution in [0.15, 0.2) is 60.9 Å². The minimum absolute atomic E-state index is 0.0500. The zero-order valence-corrected chi connectivity index (χ0v) is 18.8. The predicted octanol–water partition coefficient (Wildman–Crippen LogP) is 5.19. The molecular formula is C22H22Cl2N4OS. The van der Waals surface area contributed by atoms with Crippen molar-refractivity contribution in [1.82, 2.24) is 19.8 Å². The molecule has 1 aliphatic rings. The van der Waals surface area contributed by atoms with E-state index in [2.05, 4.69) is 25.8 Å². The first kappa shape index (κ1) is 21.1. The van der Waals surface area contributed by atoms with Crippen LogP contribution in [-0.2, 0) is 4.74 Å². The van der Waals surface area contributed by atoms with Crippen LogP contribution < -0.4 is 5.32 Å². The summed E-state index contributed by atoms with van der Waals surface area (Å²) < 4.78 is 7.35. The molecule has 0 saturated carbocycles. The molecular weight excluding hydrogens is 439 g/mol. The van der Waals surface area contributed by atoms with Crippen LogP contribution in [0.4, 0.5) is 0 Å². The molecule has 0 spiro atoms. The van der Waals surface area contributed by atoms with Crippen LogP contribution >= 0.6 is 35.4 Å². The molecule has 4 rings (SSSR count). The van der Waals surface area contributed by atoms with Crippen molar-refractivity contribution in [3.05, 3.63) is 82.4 Å². The van der Waals surface area contributed by atoms with Crippen LogP contribution in [-0.4, -0.2) is 39.8 Å². The van der Waals surface area contributed by atoms with Gasteiger partial charge in [-0.1, -0.05) is 29.3 Å². The van der Waals surface area contributed by atoms with Crippen LogP contribution in [0.5, 0.6) is 0 Å². The Morgan fingerprint density at radius 1 is 1.17 bits per heavy atom. The van der Waals surface area contributed by atoms with Gasteiger partial charge in [0.05, 0.1) is 28.5 Å². The minimum Gasteiger partial charge on any atom is -0.385 e. The standard InChI is InChI=1S/C22H22Cl2N4OS/c1-29-13-5-12-28-21(20(26-22(28)30)17-6-2-3-10-25-17)19-7-4-11-27(19)18-9-8-15(23)14-16(18)24/h2-4,6-11,14,20-21H,5,12-13H2,1H3,(H,26,30)/t20-,21+/m1/s1. The van der Waals surface area contributed by atoms with E-state index in [0.717, 1.165) is 30.0 Å². The van der Waals surface area contributed by atoms with Gasteiger partial charge in [0.25, 0.3) is 0 Å². The van der Waals surface area contributed by atoms with Gasteiger partial charge in [-0.15, -0.1) is 0 Å². The molecule has 156 valence electrons. The molecule has 3 heterocycles. The number of nitrogens with zero attached hydrogens (tertiary/aromatic N) is 3. The highest BCUT2D eigenvalue weighted by atomic mass is 35.5. The molecule has 8 heteroatoms. The van der Waals surface area contributed by atoms with Gasteiger partial charge < -0.3 is 19.5 Å². The average molecular weight is 461 g/mol. The first-order valence-electron chi connectivity index (χ1n) is 9.70. The molecule has 1 aromatic carbocycles. The number of halogens is 2. The predicted molar refractivity (Wildman–Crippen MR) is 124 cm³/mol. The lowest BCUT2D eigenvalue weighted by atomic mass is 10.0. The van der Waals surface area contributed by atoms with Gasteiger partial charge in [0.1, 0.15) is 0 Å². The van der Waals surface area contributed by atoms with Gasteiger partial charge in [0.2, 0.25) is 0 Å². The van der Waals surface area contributed by atoms with Crippen molar-refractivity contribution >= 4 is 40.5 Å². The first-order valence-corrected chi connectivity index (χ1v) is 10.9. The van der Waals surface area contributed by atoms with E-state index in [1.165, 1.54) is 0 Å². The molecule has 30 heavy (non-hydrogen) atoms. The number of pyridine rings is 1. The Labute approximate surface area is 191 Å². The van der Waals surface area contributed by atoms with Crippen LogP contribution in [0, 0.1) is 0 Å². The van der Waals surface area contributed by atoms with Gasteiger partial charge in [0, 0.05) is 43.4 Å². The summed E-state index contributed by atoms with van der Waals surface area (Å²) in [6.45, 7) is 1.44. The number of hydrogen-bond acceptors (Lipinski definition) is 3. The summed E-state index contributed by atoms with van der Waals surface area (Å²) in [5, 5.41) is 5.38. The third kappa shape index (κ3) is 4.18. The van der Waals surface area contributed by atoms with Crippen molar-refractivity contribution in [2.75, 3.05) is 20.3 Å². The lowest BCUT2D eigenvalue weighted by molar-refractivity contribution is 0.180. The van der Waals surface area contributed by atoms with Crippen LogP contribution in [0.3, 0.4) is 0 Å². The molecule has 0 amide bonds. The number of hydrogen-bond donors (Lipinski definition) is 1. The van der Waals surface area contributed by atoms with E-state index in [-0.39, 0.29) is 12.1 Å². The van der Waals surface area contributed by atoms with Crippen molar-refractivity contribution < 1.29 is 4.74 Å². The highest BCUT2D eigenvalue weighted by Gasteiger charge is 2.41. The fourth-order valence-corrected chi connectivity index (χ4v) is 4.71. The quantitative estimate of drug-likeness (QED) is 0.388. The van der Waals surface area contributed by atoms with E-state index in [1.54, 1.807) is 19.4 Å². The van der Waals surface area contributed by atoms with Crippen molar-refractivity contribution in [2.45, 2.75) is 18.5 Å². The average Bonchev–Trinajstić information content (AvgIpc) is 3.33. The topological polar surface area (TPSA) is 42.3 Å². The van der Waals surface area contributed by atoms with E-state index in [1.807, 2.05) is 42.6 Å². The minimum atomic E-state index is -0.0824. The summed E-state index contributed by atoms with van der Waals surface area (Å²) in [6.07, 6.45) is 4.68. The van der Waals surface area contributed by atoms with Gasteiger partial charge in [-0.25, -0.2) is 0 Å². The summed E-state index contributed by atoms with van der Waals surface area (Å²) in [7, 11) is 1.71. The molecule has 1 N–H and O–H groups in total. The maximum Gasteiger partial charge on any atom is 0.170 e. The van der Waals surface area contributed by atoms with E-state index in [9.17, 15) is 0 Å². The summed E-state index contributed by atoms with van der Waals surface area (Å²) >= 11 is 18.4. The highest BCUT2D eigenvalue weighted by Crippen LogP contribution is 2.40. The fourth-order valence-electron chi connectivity index (χ4n) is 3.88. The number of methoxy groups -OCH3 is 1. The Bertz CT molecular complexity index is 1030. The second kappa shape index (κ2) is 9.35. The SMILES string of the molecule is COCCCN1C(=S)N[C@H](c2ccccn2)[C@@H]1c1cccn1-c1ccc(Cl)cc1Cl. The second-order valence-electron chi connectivity index (χ2n) is 7.07. The zero-order valence-electron chi connectivity index (χ0n) is 16.5. The van der Waals surface area contributed by atoms with Crippen LogP contribution in [0.1, 0.15) is 29.9 Å². The van der Waals surface area contributed by atoms with Crippen LogP contribution in [0.2, 0.25) is 10.0 Å². The number of aromatic nitrogens is 2. The third-order valence-electron chi connectivity index (χ3n) is 5.20. The van der Waals surface area contributed by atoms with Gasteiger partial charge in [-0.3, -0.25) is 4.98 Å². The van der Waals surface area contributed by atoms with E-state index >= 15 is 0 Å². The second-order valence-corrected chi connectivity index (χ2v) is 8.30. The van der Waals surface area contributed by atoms with Gasteiger partial charge in [-0.05, 0) is 61.1 Å². The Balaban J connectivity index is 1.78. The molecule has 1 aliphatic heterocycles. The van der Waals surface area contributed by atoms with Gasteiger partial charge in [0.15, 0.2) is 5.11 Å². The van der Waals surface area contributed by atoms with Crippen molar-refractivity contribution in [1.29, 1.82) is 0 Å². The van der Waals surface area contributed by atoms with Gasteiger partial charge in [-0.2, -0.15) is 0 Å². The van der Waals surface area contributed by atoms with Crippen molar-refractivity contribution in [3.63, 3.8) is 0 Å². The summed E-state index contributed by atoms with van der Waals surface area (Å²) in [5.41, 5.74) is 2.88. The summed E-state index contributed by atoms with van der Waals surface area (Å²) in [6, 6.07) is 15.4. The monoisotopic (exact) mass is 460 g/mol. The molecule has 1 saturated heterocycles. The Hall–Kier alpha value is -2.12. The first-order chi connectivity index (χ1) is 14.6. The Morgan fingerprint density at radius 2 is 2.03 bits per heavy atom. The number of nitrogens with one attached hydrogen (secondary N) is 1. The molecule has 0 bridgehead atoms. The smallest absolute Gasteiger partial charge is 0.170 e. The number of thiocarbonyl (C=S) groups is 1. The maximum atomic E-state index is 6.53. The fraction of sp³-hybridized carbons (Fsp3) is 0.273. The molecule has 2 atom stereocenters. The van der Waals surface area contributed by atoms with Crippen molar-refractivity contribution in [3.8, 4) is 5.69 Å². The molecule has 1 fully saturated rings. The summed E-state index contributed by atoms with van der Waals surface area (Å²) in [5.74, 6) is 0. The molecule has 0 radical (unpaired) electrons. The Morgan fingerprint density at radius 3 is 2.77 bits per heavy atom. The van der Waals surface area contributed by atoms with Crippen LogP contribution in [0.25, 0.3) is 5.69 Å². The summed E-state index contributed by atoms with van der Waals surface area (Å²) in [4.78, 5) is 6.80. The lowest BCUT2D eigenvalue weighted by Crippen LogP contribution is -2.32. The third-order valence-corrected chi connectivity index (χ3v) is 6.09. The van der Waals surface area contributed by atoms with E-state index < -0.39 is 0 Å². The van der Waals surface area contributed by atoms with E-state index in [4.69, 9.17) is 40.2 Å². The molecule has 0 unspecified atom stereocenters. The Kier molecular flexibility index (Phi) is 6.58. The van der Waals surface area contributed by atoms with Gasteiger partial charge >= 0.3 is 0 Å².